The first-order chi connectivity index (χ1) is 21.3. The molecule has 0 aromatic rings. The van der Waals surface area contributed by atoms with Crippen molar-refractivity contribution in [2.75, 3.05) is 13.1 Å². The standard InChI is InChI=1S/C34H57N5O6/c1-8-9-15-27(30(41)32(43)35-18-16-25(40)20-21(2)3)37-31(42)29-26(22(4)5)17-19-39(29)33(44)28(24-13-11-10-12-14-24)38-34(45)36-23(6)7/h8,21-24,26-29H,1,9-20H2,2-7H3,(H,35,43)(H,37,42)(H2,36,38,45). The van der Waals surface area contributed by atoms with E-state index in [0.29, 0.717) is 25.8 Å². The van der Waals surface area contributed by atoms with Gasteiger partial charge in [-0.15, -0.1) is 6.58 Å². The summed E-state index contributed by atoms with van der Waals surface area (Å²) >= 11 is 0. The van der Waals surface area contributed by atoms with Crippen molar-refractivity contribution >= 4 is 35.3 Å². The Balaban J connectivity index is 2.25. The molecule has 5 amide bonds. The van der Waals surface area contributed by atoms with E-state index in [9.17, 15) is 28.8 Å². The lowest BCUT2D eigenvalue weighted by molar-refractivity contribution is -0.144. The van der Waals surface area contributed by atoms with E-state index in [4.69, 9.17) is 0 Å². The second kappa shape index (κ2) is 18.7. The van der Waals surface area contributed by atoms with Gasteiger partial charge in [-0.1, -0.05) is 53.0 Å². The Morgan fingerprint density at radius 2 is 1.56 bits per heavy atom. The summed E-state index contributed by atoms with van der Waals surface area (Å²) < 4.78 is 0. The molecule has 0 aromatic heterocycles. The Bertz CT molecular complexity index is 1050. The maximum absolute atomic E-state index is 14.2. The maximum Gasteiger partial charge on any atom is 0.315 e. The molecule has 1 aliphatic heterocycles. The van der Waals surface area contributed by atoms with Crippen LogP contribution in [0.3, 0.4) is 0 Å². The predicted molar refractivity (Wildman–Crippen MR) is 174 cm³/mol. The van der Waals surface area contributed by atoms with E-state index in [2.05, 4.69) is 27.8 Å². The van der Waals surface area contributed by atoms with Crippen molar-refractivity contribution in [3.63, 3.8) is 0 Å². The van der Waals surface area contributed by atoms with Gasteiger partial charge in [0.25, 0.3) is 5.91 Å². The molecule has 0 aromatic carbocycles. The van der Waals surface area contributed by atoms with Crippen LogP contribution in [0.25, 0.3) is 0 Å². The van der Waals surface area contributed by atoms with Gasteiger partial charge in [-0.2, -0.15) is 0 Å². The molecule has 4 atom stereocenters. The number of hydrogen-bond acceptors (Lipinski definition) is 6. The van der Waals surface area contributed by atoms with Crippen LogP contribution in [0, 0.1) is 23.7 Å². The number of carbonyl (C=O) groups excluding carboxylic acids is 6. The van der Waals surface area contributed by atoms with E-state index < -0.39 is 41.8 Å². The zero-order chi connectivity index (χ0) is 33.7. The number of amides is 5. The zero-order valence-corrected chi connectivity index (χ0v) is 28.3. The molecule has 11 nitrogen and oxygen atoms in total. The highest BCUT2D eigenvalue weighted by Gasteiger charge is 2.47. The molecule has 0 radical (unpaired) electrons. The van der Waals surface area contributed by atoms with Gasteiger partial charge in [0.1, 0.15) is 17.9 Å². The smallest absolute Gasteiger partial charge is 0.315 e. The van der Waals surface area contributed by atoms with Crippen molar-refractivity contribution in [2.45, 2.75) is 130 Å². The molecule has 0 bridgehead atoms. The minimum atomic E-state index is -1.11. The topological polar surface area (TPSA) is 154 Å². The van der Waals surface area contributed by atoms with E-state index in [0.717, 1.165) is 32.1 Å². The number of ketones is 2. The number of carbonyl (C=O) groups is 6. The van der Waals surface area contributed by atoms with E-state index in [1.807, 2.05) is 41.5 Å². The third kappa shape index (κ3) is 11.9. The molecule has 2 aliphatic rings. The summed E-state index contributed by atoms with van der Waals surface area (Å²) in [6.07, 6.45) is 7.95. The summed E-state index contributed by atoms with van der Waals surface area (Å²) in [4.78, 5) is 80.6. The molecule has 2 rings (SSSR count). The van der Waals surface area contributed by atoms with Gasteiger partial charge in [0.15, 0.2) is 0 Å². The minimum Gasteiger partial charge on any atom is -0.349 e. The van der Waals surface area contributed by atoms with E-state index in [1.165, 1.54) is 0 Å². The molecule has 4 unspecified atom stereocenters. The fourth-order valence-electron chi connectivity index (χ4n) is 6.50. The summed E-state index contributed by atoms with van der Waals surface area (Å²) in [7, 11) is 0. The molecule has 1 aliphatic carbocycles. The van der Waals surface area contributed by atoms with Crippen LogP contribution in [0.4, 0.5) is 4.79 Å². The average molecular weight is 632 g/mol. The molecule has 45 heavy (non-hydrogen) atoms. The Morgan fingerprint density at radius 3 is 2.13 bits per heavy atom. The summed E-state index contributed by atoms with van der Waals surface area (Å²) in [5, 5.41) is 11.1. The number of hydrogen-bond donors (Lipinski definition) is 4. The van der Waals surface area contributed by atoms with Gasteiger partial charge in [-0.3, -0.25) is 24.0 Å². The number of allylic oxidation sites excluding steroid dienone is 1. The number of urea groups is 1. The number of rotatable bonds is 17. The SMILES string of the molecule is C=CCCC(NC(=O)C1C(C(C)C)CCN1C(=O)C(NC(=O)NC(C)C)C1CCCCC1)C(=O)C(=O)NCCC(=O)CC(C)C. The van der Waals surface area contributed by atoms with Gasteiger partial charge in [0, 0.05) is 32.0 Å². The predicted octanol–water partition coefficient (Wildman–Crippen LogP) is 3.66. The lowest BCUT2D eigenvalue weighted by Crippen LogP contribution is -2.60. The van der Waals surface area contributed by atoms with Crippen LogP contribution < -0.4 is 21.3 Å². The molecular formula is C34H57N5O6. The van der Waals surface area contributed by atoms with Crippen LogP contribution in [0.15, 0.2) is 12.7 Å². The highest BCUT2D eigenvalue weighted by atomic mass is 16.2. The Hall–Kier alpha value is -3.24. The number of Topliss-reactive ketones (excluding diaryl/α,β-unsaturated/α-hetero) is 2. The van der Waals surface area contributed by atoms with Gasteiger partial charge in [-0.25, -0.2) is 4.79 Å². The van der Waals surface area contributed by atoms with E-state index >= 15 is 0 Å². The van der Waals surface area contributed by atoms with E-state index in [-0.39, 0.29) is 60.8 Å². The van der Waals surface area contributed by atoms with Crippen LogP contribution in [-0.4, -0.2) is 77.5 Å². The van der Waals surface area contributed by atoms with Crippen molar-refractivity contribution in [1.29, 1.82) is 0 Å². The molecule has 1 heterocycles. The molecule has 1 saturated carbocycles. The maximum atomic E-state index is 14.2. The van der Waals surface area contributed by atoms with Crippen molar-refractivity contribution in [3.8, 4) is 0 Å². The van der Waals surface area contributed by atoms with Crippen LogP contribution in [0.1, 0.15) is 106 Å². The summed E-state index contributed by atoms with van der Waals surface area (Å²) in [5.74, 6) is -2.37. The Labute approximate surface area is 269 Å². The lowest BCUT2D eigenvalue weighted by Gasteiger charge is -2.36. The van der Waals surface area contributed by atoms with Crippen molar-refractivity contribution in [2.24, 2.45) is 23.7 Å². The lowest BCUT2D eigenvalue weighted by atomic mass is 9.83. The fourth-order valence-corrected chi connectivity index (χ4v) is 6.50. The first kappa shape index (κ1) is 37.9. The second-order valence-electron chi connectivity index (χ2n) is 13.8. The molecular weight excluding hydrogens is 574 g/mol. The highest BCUT2D eigenvalue weighted by Crippen LogP contribution is 2.34. The summed E-state index contributed by atoms with van der Waals surface area (Å²) in [6.45, 7) is 15.7. The van der Waals surface area contributed by atoms with Crippen molar-refractivity contribution in [3.05, 3.63) is 12.7 Å². The molecule has 2 fully saturated rings. The monoisotopic (exact) mass is 631 g/mol. The second-order valence-corrected chi connectivity index (χ2v) is 13.8. The number of likely N-dealkylation sites (tertiary alicyclic amines) is 1. The number of nitrogens with zero attached hydrogens (tertiary/aromatic N) is 1. The van der Waals surface area contributed by atoms with Crippen molar-refractivity contribution < 1.29 is 28.8 Å². The molecule has 11 heteroatoms. The Kier molecular flexibility index (Phi) is 15.7. The van der Waals surface area contributed by atoms with E-state index in [1.54, 1.807) is 11.0 Å². The van der Waals surface area contributed by atoms with Crippen molar-refractivity contribution in [1.82, 2.24) is 26.2 Å². The Morgan fingerprint density at radius 1 is 0.889 bits per heavy atom. The third-order valence-corrected chi connectivity index (χ3v) is 8.79. The molecule has 4 N–H and O–H groups in total. The quantitative estimate of drug-likeness (QED) is 0.142. The van der Waals surface area contributed by atoms with Gasteiger partial charge in [0.05, 0.1) is 6.04 Å². The zero-order valence-electron chi connectivity index (χ0n) is 28.3. The molecule has 1 saturated heterocycles. The first-order valence-corrected chi connectivity index (χ1v) is 16.9. The fraction of sp³-hybridized carbons (Fsp3) is 0.765. The van der Waals surface area contributed by atoms with Crippen LogP contribution >= 0.6 is 0 Å². The van der Waals surface area contributed by atoms with Crippen LogP contribution in [0.5, 0.6) is 0 Å². The highest BCUT2D eigenvalue weighted by molar-refractivity contribution is 6.38. The summed E-state index contributed by atoms with van der Waals surface area (Å²) in [5.41, 5.74) is 0. The molecule has 254 valence electrons. The first-order valence-electron chi connectivity index (χ1n) is 16.9. The van der Waals surface area contributed by atoms with Crippen LogP contribution in [0.2, 0.25) is 0 Å². The summed E-state index contributed by atoms with van der Waals surface area (Å²) in [6, 6.07) is -3.26. The van der Waals surface area contributed by atoms with Crippen LogP contribution in [-0.2, 0) is 24.0 Å². The molecule has 0 spiro atoms. The third-order valence-electron chi connectivity index (χ3n) is 8.79. The average Bonchev–Trinajstić information content (AvgIpc) is 3.43. The van der Waals surface area contributed by atoms with Gasteiger partial charge in [-0.05, 0) is 69.6 Å². The normalized spacial score (nSPS) is 20.1. The van der Waals surface area contributed by atoms with Gasteiger partial charge in [0.2, 0.25) is 17.6 Å². The largest absolute Gasteiger partial charge is 0.349 e. The minimum absolute atomic E-state index is 0.00249. The van der Waals surface area contributed by atoms with Gasteiger partial charge < -0.3 is 26.2 Å². The van der Waals surface area contributed by atoms with Gasteiger partial charge >= 0.3 is 6.03 Å². The number of nitrogens with one attached hydrogen (secondary N) is 4.